The van der Waals surface area contributed by atoms with Crippen molar-refractivity contribution < 1.29 is 4.74 Å². The average molecular weight is 436 g/mol. The number of hydrogen-bond acceptors (Lipinski definition) is 3. The molecule has 2 aromatic carbocycles. The third-order valence-corrected chi connectivity index (χ3v) is 3.80. The normalized spacial score (nSPS) is 10.0. The van der Waals surface area contributed by atoms with Gasteiger partial charge in [0.1, 0.15) is 12.4 Å². The van der Waals surface area contributed by atoms with Crippen molar-refractivity contribution in [2.24, 2.45) is 0 Å². The largest absolute Gasteiger partial charge is 0.489 e. The lowest BCUT2D eigenvalue weighted by atomic mass is 10.2. The summed E-state index contributed by atoms with van der Waals surface area (Å²) < 4.78 is 7.06. The molecular weight excluding hydrogens is 411 g/mol. The molecule has 0 heterocycles. The zero-order valence-electron chi connectivity index (χ0n) is 14.0. The fourth-order valence-corrected chi connectivity index (χ4v) is 2.50. The molecule has 1 N–H and O–H groups in total. The number of halogens is 3. The molecule has 0 spiro atoms. The lowest BCUT2D eigenvalue weighted by Crippen LogP contribution is -2.26. The molecule has 134 valence electrons. The van der Waals surface area contributed by atoms with Crippen molar-refractivity contribution in [1.82, 2.24) is 10.2 Å². The van der Waals surface area contributed by atoms with Crippen LogP contribution in [0.2, 0.25) is 0 Å². The van der Waals surface area contributed by atoms with Gasteiger partial charge in [-0.05, 0) is 37.9 Å². The standard InChI is InChI=1S/C18H23BrN2O.2ClH/c1-21(2)11-10-20-13-16-12-17(19)8-9-18(16)22-14-15-6-4-3-5-7-15;;/h3-9,12,20H,10-11,13-14H2,1-2H3;2*1H. The maximum absolute atomic E-state index is 5.99. The Bertz CT molecular complexity index is 582. The van der Waals surface area contributed by atoms with E-state index in [1.807, 2.05) is 30.3 Å². The zero-order chi connectivity index (χ0) is 15.8. The number of hydrogen-bond donors (Lipinski definition) is 1. The van der Waals surface area contributed by atoms with Crippen LogP contribution in [0.3, 0.4) is 0 Å². The van der Waals surface area contributed by atoms with Gasteiger partial charge in [0.15, 0.2) is 0 Å². The Morgan fingerprint density at radius 3 is 2.42 bits per heavy atom. The molecule has 0 aliphatic heterocycles. The minimum atomic E-state index is 0. The molecule has 0 aromatic heterocycles. The summed E-state index contributed by atoms with van der Waals surface area (Å²) in [7, 11) is 4.16. The first-order chi connectivity index (χ1) is 10.6. The van der Waals surface area contributed by atoms with E-state index in [9.17, 15) is 0 Å². The Morgan fingerprint density at radius 1 is 1.04 bits per heavy atom. The molecule has 0 saturated heterocycles. The third kappa shape index (κ3) is 8.36. The van der Waals surface area contributed by atoms with Gasteiger partial charge in [-0.2, -0.15) is 0 Å². The Kier molecular flexibility index (Phi) is 12.2. The highest BCUT2D eigenvalue weighted by atomic mass is 79.9. The lowest BCUT2D eigenvalue weighted by molar-refractivity contribution is 0.301. The van der Waals surface area contributed by atoms with Gasteiger partial charge in [0.05, 0.1) is 0 Å². The fourth-order valence-electron chi connectivity index (χ4n) is 2.09. The van der Waals surface area contributed by atoms with Crippen LogP contribution in [0.5, 0.6) is 5.75 Å². The van der Waals surface area contributed by atoms with Gasteiger partial charge in [-0.15, -0.1) is 24.8 Å². The van der Waals surface area contributed by atoms with Gasteiger partial charge in [0.2, 0.25) is 0 Å². The van der Waals surface area contributed by atoms with Gasteiger partial charge in [0, 0.05) is 29.7 Å². The van der Waals surface area contributed by atoms with E-state index in [1.54, 1.807) is 0 Å². The van der Waals surface area contributed by atoms with Crippen LogP contribution in [0.25, 0.3) is 0 Å². The Hall–Kier alpha value is -0.780. The average Bonchev–Trinajstić information content (AvgIpc) is 2.51. The molecule has 0 saturated carbocycles. The second kappa shape index (κ2) is 12.6. The number of benzene rings is 2. The summed E-state index contributed by atoms with van der Waals surface area (Å²) >= 11 is 3.53. The maximum Gasteiger partial charge on any atom is 0.124 e. The van der Waals surface area contributed by atoms with Crippen LogP contribution in [0.15, 0.2) is 53.0 Å². The minimum Gasteiger partial charge on any atom is -0.489 e. The highest BCUT2D eigenvalue weighted by molar-refractivity contribution is 9.10. The summed E-state index contributed by atoms with van der Waals surface area (Å²) in [5.41, 5.74) is 2.35. The molecule has 0 bridgehead atoms. The van der Waals surface area contributed by atoms with Gasteiger partial charge in [-0.25, -0.2) is 0 Å². The van der Waals surface area contributed by atoms with E-state index in [4.69, 9.17) is 4.74 Å². The summed E-state index contributed by atoms with van der Waals surface area (Å²) in [6.45, 7) is 3.37. The maximum atomic E-state index is 5.99. The second-order valence-corrected chi connectivity index (χ2v) is 6.42. The zero-order valence-corrected chi connectivity index (χ0v) is 17.2. The topological polar surface area (TPSA) is 24.5 Å². The van der Waals surface area contributed by atoms with E-state index in [1.165, 1.54) is 11.1 Å². The molecule has 2 aromatic rings. The Balaban J connectivity index is 0.00000264. The van der Waals surface area contributed by atoms with Crippen LogP contribution in [0.4, 0.5) is 0 Å². The summed E-state index contributed by atoms with van der Waals surface area (Å²) in [6.07, 6.45) is 0. The molecule has 6 heteroatoms. The third-order valence-electron chi connectivity index (χ3n) is 3.31. The van der Waals surface area contributed by atoms with Crippen molar-refractivity contribution in [1.29, 1.82) is 0 Å². The van der Waals surface area contributed by atoms with E-state index in [-0.39, 0.29) is 24.8 Å². The number of rotatable bonds is 8. The number of nitrogens with zero attached hydrogens (tertiary/aromatic N) is 1. The van der Waals surface area contributed by atoms with E-state index < -0.39 is 0 Å². The quantitative estimate of drug-likeness (QED) is 0.616. The molecule has 0 amide bonds. The molecule has 3 nitrogen and oxygen atoms in total. The molecule has 0 radical (unpaired) electrons. The molecule has 24 heavy (non-hydrogen) atoms. The van der Waals surface area contributed by atoms with Crippen molar-refractivity contribution in [3.63, 3.8) is 0 Å². The summed E-state index contributed by atoms with van der Waals surface area (Å²) in [6, 6.07) is 16.4. The van der Waals surface area contributed by atoms with E-state index in [0.717, 1.165) is 29.9 Å². The van der Waals surface area contributed by atoms with Crippen LogP contribution >= 0.6 is 40.7 Å². The molecule has 0 atom stereocenters. The minimum absolute atomic E-state index is 0. The highest BCUT2D eigenvalue weighted by Crippen LogP contribution is 2.24. The summed E-state index contributed by atoms with van der Waals surface area (Å²) in [4.78, 5) is 2.17. The number of ether oxygens (including phenoxy) is 1. The summed E-state index contributed by atoms with van der Waals surface area (Å²) in [5, 5.41) is 3.46. The van der Waals surface area contributed by atoms with Crippen molar-refractivity contribution in [3.05, 3.63) is 64.1 Å². The van der Waals surface area contributed by atoms with Crippen LogP contribution in [-0.2, 0) is 13.2 Å². The molecule has 0 aliphatic rings. The molecule has 2 rings (SSSR count). The van der Waals surface area contributed by atoms with Crippen molar-refractivity contribution >= 4 is 40.7 Å². The smallest absolute Gasteiger partial charge is 0.124 e. The van der Waals surface area contributed by atoms with Crippen molar-refractivity contribution in [3.8, 4) is 5.75 Å². The first kappa shape index (κ1) is 23.2. The van der Waals surface area contributed by atoms with Crippen LogP contribution in [-0.4, -0.2) is 32.1 Å². The monoisotopic (exact) mass is 434 g/mol. The van der Waals surface area contributed by atoms with Gasteiger partial charge in [0.25, 0.3) is 0 Å². The molecular formula is C18H25BrCl2N2O. The fraction of sp³-hybridized carbons (Fsp3) is 0.333. The second-order valence-electron chi connectivity index (χ2n) is 5.51. The Labute approximate surface area is 165 Å². The van der Waals surface area contributed by atoms with Gasteiger partial charge < -0.3 is 15.0 Å². The van der Waals surface area contributed by atoms with Crippen molar-refractivity contribution in [2.75, 3.05) is 27.2 Å². The predicted molar refractivity (Wildman–Crippen MR) is 110 cm³/mol. The van der Waals surface area contributed by atoms with Gasteiger partial charge >= 0.3 is 0 Å². The van der Waals surface area contributed by atoms with E-state index in [0.29, 0.717) is 6.61 Å². The SMILES string of the molecule is CN(C)CCNCc1cc(Br)ccc1OCc1ccccc1.Cl.Cl. The molecule has 0 aliphatic carbocycles. The van der Waals surface area contributed by atoms with Gasteiger partial charge in [-0.3, -0.25) is 0 Å². The first-order valence-electron chi connectivity index (χ1n) is 7.46. The lowest BCUT2D eigenvalue weighted by Gasteiger charge is -2.14. The highest BCUT2D eigenvalue weighted by Gasteiger charge is 2.05. The number of likely N-dealkylation sites (N-methyl/N-ethyl adjacent to an activating group) is 1. The molecule has 0 fully saturated rings. The van der Waals surface area contributed by atoms with E-state index in [2.05, 4.69) is 58.4 Å². The van der Waals surface area contributed by atoms with Crippen LogP contribution in [0.1, 0.15) is 11.1 Å². The van der Waals surface area contributed by atoms with Crippen LogP contribution < -0.4 is 10.1 Å². The Morgan fingerprint density at radius 2 is 1.75 bits per heavy atom. The number of nitrogens with one attached hydrogen (secondary N) is 1. The molecule has 0 unspecified atom stereocenters. The summed E-state index contributed by atoms with van der Waals surface area (Å²) in [5.74, 6) is 0.935. The van der Waals surface area contributed by atoms with Crippen LogP contribution in [0, 0.1) is 0 Å². The van der Waals surface area contributed by atoms with Crippen molar-refractivity contribution in [2.45, 2.75) is 13.2 Å². The first-order valence-corrected chi connectivity index (χ1v) is 8.25. The van der Waals surface area contributed by atoms with E-state index >= 15 is 0 Å². The van der Waals surface area contributed by atoms with Gasteiger partial charge in [-0.1, -0.05) is 46.3 Å². The predicted octanol–water partition coefficient (Wildman–Crippen LogP) is 4.52.